The zero-order valence-electron chi connectivity index (χ0n) is 14.1. The number of rotatable bonds is 4. The van der Waals surface area contributed by atoms with Gasteiger partial charge in [-0.25, -0.2) is 9.67 Å². The van der Waals surface area contributed by atoms with Crippen LogP contribution in [0.1, 0.15) is 47.4 Å². The minimum Gasteiger partial charge on any atom is -0.449 e. The van der Waals surface area contributed by atoms with E-state index in [-0.39, 0.29) is 17.7 Å². The SMILES string of the molecule is CCn1ncnc1[C@@H](C)NC(=O)c1oc2c(Cl)cc(C)cc2c1C. The first-order chi connectivity index (χ1) is 11.4. The lowest BCUT2D eigenvalue weighted by molar-refractivity contribution is 0.0910. The number of carbonyl (C=O) groups is 1. The number of benzene rings is 1. The van der Waals surface area contributed by atoms with Crippen LogP contribution in [0.15, 0.2) is 22.9 Å². The summed E-state index contributed by atoms with van der Waals surface area (Å²) in [5, 5.41) is 8.39. The summed E-state index contributed by atoms with van der Waals surface area (Å²) in [5.41, 5.74) is 2.33. The molecule has 6 nitrogen and oxygen atoms in total. The zero-order chi connectivity index (χ0) is 17.4. The van der Waals surface area contributed by atoms with Crippen molar-refractivity contribution in [3.05, 3.63) is 46.2 Å². The molecule has 0 spiro atoms. The van der Waals surface area contributed by atoms with Gasteiger partial charge in [0.25, 0.3) is 5.91 Å². The van der Waals surface area contributed by atoms with Crippen LogP contribution in [-0.4, -0.2) is 20.7 Å². The number of fused-ring (bicyclic) bond motifs is 1. The molecule has 0 unspecified atom stereocenters. The van der Waals surface area contributed by atoms with Crippen LogP contribution in [-0.2, 0) is 6.54 Å². The van der Waals surface area contributed by atoms with E-state index in [1.165, 1.54) is 6.33 Å². The van der Waals surface area contributed by atoms with E-state index < -0.39 is 0 Å². The molecule has 7 heteroatoms. The second kappa shape index (κ2) is 6.28. The second-order valence-corrected chi connectivity index (χ2v) is 6.22. The molecule has 126 valence electrons. The molecule has 1 N–H and O–H groups in total. The third kappa shape index (κ3) is 2.78. The number of nitrogens with one attached hydrogen (secondary N) is 1. The summed E-state index contributed by atoms with van der Waals surface area (Å²) in [6.07, 6.45) is 1.48. The molecule has 1 atom stereocenters. The molecule has 0 aliphatic heterocycles. The van der Waals surface area contributed by atoms with Gasteiger partial charge in [0.05, 0.1) is 11.1 Å². The van der Waals surface area contributed by atoms with Gasteiger partial charge >= 0.3 is 0 Å². The molecule has 0 aliphatic rings. The third-order valence-corrected chi connectivity index (χ3v) is 4.30. The van der Waals surface area contributed by atoms with Crippen molar-refractivity contribution in [2.24, 2.45) is 0 Å². The summed E-state index contributed by atoms with van der Waals surface area (Å²) in [6.45, 7) is 8.34. The maximum Gasteiger partial charge on any atom is 0.287 e. The molecular formula is C17H19ClN4O2. The predicted molar refractivity (Wildman–Crippen MR) is 92.3 cm³/mol. The molecule has 2 heterocycles. The van der Waals surface area contributed by atoms with Crippen LogP contribution in [0.3, 0.4) is 0 Å². The van der Waals surface area contributed by atoms with Crippen molar-refractivity contribution in [2.45, 2.75) is 40.3 Å². The monoisotopic (exact) mass is 346 g/mol. The fourth-order valence-corrected chi connectivity index (χ4v) is 3.12. The average molecular weight is 347 g/mol. The number of aryl methyl sites for hydroxylation is 3. The van der Waals surface area contributed by atoms with Crippen molar-refractivity contribution >= 4 is 28.5 Å². The van der Waals surface area contributed by atoms with Crippen molar-refractivity contribution in [1.82, 2.24) is 20.1 Å². The average Bonchev–Trinajstić information content (AvgIpc) is 3.12. The van der Waals surface area contributed by atoms with Crippen molar-refractivity contribution in [3.8, 4) is 0 Å². The minimum atomic E-state index is -0.296. The fraction of sp³-hybridized carbons (Fsp3) is 0.353. The minimum absolute atomic E-state index is 0.270. The second-order valence-electron chi connectivity index (χ2n) is 5.81. The highest BCUT2D eigenvalue weighted by molar-refractivity contribution is 6.35. The lowest BCUT2D eigenvalue weighted by Gasteiger charge is -2.13. The van der Waals surface area contributed by atoms with Gasteiger partial charge < -0.3 is 9.73 Å². The number of carbonyl (C=O) groups excluding carboxylic acids is 1. The van der Waals surface area contributed by atoms with Crippen molar-refractivity contribution in [2.75, 3.05) is 0 Å². The van der Waals surface area contributed by atoms with Gasteiger partial charge in [0.15, 0.2) is 11.3 Å². The Kier molecular flexibility index (Phi) is 4.32. The summed E-state index contributed by atoms with van der Waals surface area (Å²) < 4.78 is 7.48. The van der Waals surface area contributed by atoms with Crippen LogP contribution in [0, 0.1) is 13.8 Å². The van der Waals surface area contributed by atoms with Gasteiger partial charge in [-0.2, -0.15) is 5.10 Å². The lowest BCUT2D eigenvalue weighted by atomic mass is 10.1. The summed E-state index contributed by atoms with van der Waals surface area (Å²) >= 11 is 6.23. The number of hydrogen-bond acceptors (Lipinski definition) is 4. The van der Waals surface area contributed by atoms with Crippen LogP contribution in [0.2, 0.25) is 5.02 Å². The van der Waals surface area contributed by atoms with Gasteiger partial charge in [-0.3, -0.25) is 4.79 Å². The molecule has 24 heavy (non-hydrogen) atoms. The van der Waals surface area contributed by atoms with E-state index in [1.807, 2.05) is 39.8 Å². The van der Waals surface area contributed by atoms with Crippen molar-refractivity contribution < 1.29 is 9.21 Å². The van der Waals surface area contributed by atoms with E-state index in [9.17, 15) is 4.79 Å². The highest BCUT2D eigenvalue weighted by atomic mass is 35.5. The Labute approximate surface area is 144 Å². The molecule has 0 radical (unpaired) electrons. The van der Waals surface area contributed by atoms with E-state index in [2.05, 4.69) is 15.4 Å². The van der Waals surface area contributed by atoms with E-state index in [4.69, 9.17) is 16.0 Å². The quantitative estimate of drug-likeness (QED) is 0.779. The Morgan fingerprint density at radius 2 is 2.17 bits per heavy atom. The highest BCUT2D eigenvalue weighted by Gasteiger charge is 2.22. The van der Waals surface area contributed by atoms with Crippen molar-refractivity contribution in [1.29, 1.82) is 0 Å². The molecule has 0 bridgehead atoms. The van der Waals surface area contributed by atoms with Crippen LogP contribution < -0.4 is 5.32 Å². The van der Waals surface area contributed by atoms with Gasteiger partial charge in [-0.15, -0.1) is 0 Å². The normalized spacial score (nSPS) is 12.5. The highest BCUT2D eigenvalue weighted by Crippen LogP contribution is 2.32. The fourth-order valence-electron chi connectivity index (χ4n) is 2.81. The Morgan fingerprint density at radius 1 is 1.42 bits per heavy atom. The first-order valence-corrected chi connectivity index (χ1v) is 8.18. The Hall–Kier alpha value is -2.34. The number of amides is 1. The largest absolute Gasteiger partial charge is 0.449 e. The van der Waals surface area contributed by atoms with Gasteiger partial charge in [0, 0.05) is 17.5 Å². The molecule has 3 rings (SSSR count). The maximum atomic E-state index is 12.6. The first-order valence-electron chi connectivity index (χ1n) is 7.80. The van der Waals surface area contributed by atoms with E-state index in [0.29, 0.717) is 23.0 Å². The third-order valence-electron chi connectivity index (χ3n) is 4.02. The molecule has 0 saturated carbocycles. The van der Waals surface area contributed by atoms with Gasteiger partial charge in [0.2, 0.25) is 0 Å². The number of aromatic nitrogens is 3. The van der Waals surface area contributed by atoms with Crippen LogP contribution >= 0.6 is 11.6 Å². The molecule has 1 amide bonds. The standard InChI is InChI=1S/C17H19ClN4O2/c1-5-22-16(19-8-20-22)11(4)21-17(23)14-10(3)12-6-9(2)7-13(18)15(12)24-14/h6-8,11H,5H2,1-4H3,(H,21,23)/t11-/m1/s1. The molecule has 2 aromatic heterocycles. The molecular weight excluding hydrogens is 328 g/mol. The summed E-state index contributed by atoms with van der Waals surface area (Å²) in [7, 11) is 0. The van der Waals surface area contributed by atoms with Gasteiger partial charge in [-0.1, -0.05) is 11.6 Å². The number of hydrogen-bond donors (Lipinski definition) is 1. The van der Waals surface area contributed by atoms with E-state index >= 15 is 0 Å². The number of nitrogens with zero attached hydrogens (tertiary/aromatic N) is 3. The molecule has 0 saturated heterocycles. The first kappa shape index (κ1) is 16.5. The lowest BCUT2D eigenvalue weighted by Crippen LogP contribution is -2.29. The topological polar surface area (TPSA) is 73.0 Å². The smallest absolute Gasteiger partial charge is 0.287 e. The van der Waals surface area contributed by atoms with E-state index in [0.717, 1.165) is 16.5 Å². The van der Waals surface area contributed by atoms with Crippen LogP contribution in [0.4, 0.5) is 0 Å². The summed E-state index contributed by atoms with van der Waals surface area (Å²) in [6, 6.07) is 3.50. The Bertz CT molecular complexity index is 913. The van der Waals surface area contributed by atoms with Gasteiger partial charge in [0.1, 0.15) is 12.2 Å². The molecule has 1 aromatic carbocycles. The summed E-state index contributed by atoms with van der Waals surface area (Å²) in [4.78, 5) is 16.8. The number of halogens is 1. The Balaban J connectivity index is 1.92. The molecule has 0 aliphatic carbocycles. The van der Waals surface area contributed by atoms with Crippen molar-refractivity contribution in [3.63, 3.8) is 0 Å². The zero-order valence-corrected chi connectivity index (χ0v) is 14.8. The maximum absolute atomic E-state index is 12.6. The number of furan rings is 1. The molecule has 0 fully saturated rings. The summed E-state index contributed by atoms with van der Waals surface area (Å²) in [5.74, 6) is 0.677. The molecule has 3 aromatic rings. The predicted octanol–water partition coefficient (Wildman–Crippen LogP) is 3.81. The van der Waals surface area contributed by atoms with E-state index in [1.54, 1.807) is 4.68 Å². The van der Waals surface area contributed by atoms with Crippen LogP contribution in [0.25, 0.3) is 11.0 Å². The van der Waals surface area contributed by atoms with Gasteiger partial charge in [-0.05, 0) is 45.4 Å². The van der Waals surface area contributed by atoms with Crippen LogP contribution in [0.5, 0.6) is 0 Å². The Morgan fingerprint density at radius 3 is 2.88 bits per heavy atom.